The number of Topliss-reactive ketones (excluding diaryl/α,β-unsaturated/α-hetero) is 1. The molecule has 2 aromatic rings. The first-order chi connectivity index (χ1) is 14.4. The third-order valence-corrected chi connectivity index (χ3v) is 4.82. The molecule has 30 heavy (non-hydrogen) atoms. The Bertz CT molecular complexity index is 881. The largest absolute Gasteiger partial charge is 0.494 e. The van der Waals surface area contributed by atoms with Gasteiger partial charge < -0.3 is 15.4 Å². The highest BCUT2D eigenvalue weighted by Gasteiger charge is 2.13. The number of amides is 2. The number of hydrogen-bond acceptors (Lipinski definition) is 4. The van der Waals surface area contributed by atoms with Gasteiger partial charge >= 0.3 is 0 Å². The van der Waals surface area contributed by atoms with Crippen LogP contribution in [0.15, 0.2) is 42.5 Å². The standard InChI is InChI=1S/C23H27ClN2O4/c1-3-4-5-14-30-18-9-6-16(7-10-18)21(27)12-13-22(28)26-17-8-11-20(24)19(15-17)23(29)25-2/h6-11,15H,3-5,12-14H2,1-2H3,(H,25,29)(H,26,28). The maximum absolute atomic E-state index is 12.3. The number of hydrogen-bond donors (Lipinski definition) is 2. The van der Waals surface area contributed by atoms with E-state index in [0.29, 0.717) is 22.9 Å². The summed E-state index contributed by atoms with van der Waals surface area (Å²) in [6, 6.07) is 11.6. The lowest BCUT2D eigenvalue weighted by Crippen LogP contribution is -2.19. The lowest BCUT2D eigenvalue weighted by Gasteiger charge is -2.09. The second-order valence-electron chi connectivity index (χ2n) is 6.83. The Balaban J connectivity index is 1.84. The van der Waals surface area contributed by atoms with Gasteiger partial charge in [-0.05, 0) is 48.9 Å². The van der Waals surface area contributed by atoms with Crippen molar-refractivity contribution in [3.05, 3.63) is 58.6 Å². The van der Waals surface area contributed by atoms with Crippen molar-refractivity contribution >= 4 is 34.9 Å². The van der Waals surface area contributed by atoms with Gasteiger partial charge in [0.15, 0.2) is 5.78 Å². The van der Waals surface area contributed by atoms with E-state index < -0.39 is 0 Å². The van der Waals surface area contributed by atoms with Crippen molar-refractivity contribution in [2.24, 2.45) is 0 Å². The number of ether oxygens (including phenoxy) is 1. The van der Waals surface area contributed by atoms with Gasteiger partial charge in [0.1, 0.15) is 5.75 Å². The predicted octanol–water partition coefficient (Wildman–Crippen LogP) is 4.87. The van der Waals surface area contributed by atoms with E-state index in [2.05, 4.69) is 17.6 Å². The fraction of sp³-hybridized carbons (Fsp3) is 0.348. The van der Waals surface area contributed by atoms with E-state index in [-0.39, 0.29) is 36.0 Å². The zero-order chi connectivity index (χ0) is 21.9. The van der Waals surface area contributed by atoms with Gasteiger partial charge in [0.25, 0.3) is 5.91 Å². The molecule has 6 nitrogen and oxygen atoms in total. The van der Waals surface area contributed by atoms with Gasteiger partial charge in [0.05, 0.1) is 17.2 Å². The highest BCUT2D eigenvalue weighted by atomic mass is 35.5. The van der Waals surface area contributed by atoms with Crippen molar-refractivity contribution in [2.45, 2.75) is 39.0 Å². The number of carbonyl (C=O) groups is 3. The summed E-state index contributed by atoms with van der Waals surface area (Å²) < 4.78 is 5.64. The van der Waals surface area contributed by atoms with Crippen LogP contribution in [0.3, 0.4) is 0 Å². The van der Waals surface area contributed by atoms with Crippen molar-refractivity contribution < 1.29 is 19.1 Å². The number of halogens is 1. The number of anilines is 1. The summed E-state index contributed by atoms with van der Waals surface area (Å²) >= 11 is 6.00. The fourth-order valence-corrected chi connectivity index (χ4v) is 2.99. The molecule has 2 rings (SSSR count). The maximum atomic E-state index is 12.3. The van der Waals surface area contributed by atoms with Gasteiger partial charge in [-0.1, -0.05) is 31.4 Å². The highest BCUT2D eigenvalue weighted by molar-refractivity contribution is 6.34. The molecule has 0 saturated heterocycles. The van der Waals surface area contributed by atoms with E-state index >= 15 is 0 Å². The Morgan fingerprint density at radius 2 is 1.73 bits per heavy atom. The van der Waals surface area contributed by atoms with E-state index in [9.17, 15) is 14.4 Å². The number of benzene rings is 2. The number of nitrogens with one attached hydrogen (secondary N) is 2. The third-order valence-electron chi connectivity index (χ3n) is 4.49. The van der Waals surface area contributed by atoms with Crippen LogP contribution in [0, 0.1) is 0 Å². The smallest absolute Gasteiger partial charge is 0.252 e. The number of carbonyl (C=O) groups excluding carboxylic acids is 3. The first-order valence-corrected chi connectivity index (χ1v) is 10.4. The fourth-order valence-electron chi connectivity index (χ4n) is 2.79. The average Bonchev–Trinajstić information content (AvgIpc) is 2.76. The molecular formula is C23H27ClN2O4. The van der Waals surface area contributed by atoms with Gasteiger partial charge in [0.2, 0.25) is 5.91 Å². The molecule has 2 N–H and O–H groups in total. The zero-order valence-electron chi connectivity index (χ0n) is 17.3. The summed E-state index contributed by atoms with van der Waals surface area (Å²) in [7, 11) is 1.50. The number of rotatable bonds is 11. The summed E-state index contributed by atoms with van der Waals surface area (Å²) in [5.74, 6) is -0.0478. The van der Waals surface area contributed by atoms with Crippen LogP contribution in [0.5, 0.6) is 5.75 Å². The van der Waals surface area contributed by atoms with Gasteiger partial charge in [-0.3, -0.25) is 14.4 Å². The van der Waals surface area contributed by atoms with Crippen molar-refractivity contribution in [2.75, 3.05) is 19.0 Å². The van der Waals surface area contributed by atoms with E-state index in [1.807, 2.05) is 0 Å². The highest BCUT2D eigenvalue weighted by Crippen LogP contribution is 2.21. The van der Waals surface area contributed by atoms with Crippen LogP contribution in [-0.4, -0.2) is 31.3 Å². The molecule has 0 fully saturated rings. The van der Waals surface area contributed by atoms with Crippen LogP contribution in [0.4, 0.5) is 5.69 Å². The van der Waals surface area contributed by atoms with E-state index in [4.69, 9.17) is 16.3 Å². The molecule has 0 bridgehead atoms. The minimum atomic E-state index is -0.343. The first-order valence-electron chi connectivity index (χ1n) is 10.0. The molecule has 160 valence electrons. The van der Waals surface area contributed by atoms with Crippen molar-refractivity contribution in [1.82, 2.24) is 5.32 Å². The summed E-state index contributed by atoms with van der Waals surface area (Å²) in [4.78, 5) is 36.3. The van der Waals surface area contributed by atoms with E-state index in [1.165, 1.54) is 13.1 Å². The zero-order valence-corrected chi connectivity index (χ0v) is 18.1. The molecule has 0 aromatic heterocycles. The van der Waals surface area contributed by atoms with Crippen LogP contribution in [0.1, 0.15) is 59.7 Å². The summed E-state index contributed by atoms with van der Waals surface area (Å²) in [5.41, 5.74) is 1.25. The second-order valence-corrected chi connectivity index (χ2v) is 7.23. The normalized spacial score (nSPS) is 10.4. The molecule has 7 heteroatoms. The molecule has 0 radical (unpaired) electrons. The molecule has 2 amide bonds. The monoisotopic (exact) mass is 430 g/mol. The molecule has 0 aliphatic heterocycles. The molecule has 2 aromatic carbocycles. The lowest BCUT2D eigenvalue weighted by molar-refractivity contribution is -0.116. The van der Waals surface area contributed by atoms with Crippen LogP contribution in [-0.2, 0) is 4.79 Å². The van der Waals surface area contributed by atoms with Crippen molar-refractivity contribution in [3.63, 3.8) is 0 Å². The average molecular weight is 431 g/mol. The van der Waals surface area contributed by atoms with Crippen molar-refractivity contribution in [3.8, 4) is 5.75 Å². The summed E-state index contributed by atoms with van der Waals surface area (Å²) in [6.45, 7) is 2.80. The Hall–Kier alpha value is -2.86. The number of ketones is 1. The number of unbranched alkanes of at least 4 members (excludes halogenated alkanes) is 2. The van der Waals surface area contributed by atoms with Crippen LogP contribution in [0.25, 0.3) is 0 Å². The molecule has 0 aliphatic rings. The van der Waals surface area contributed by atoms with Gasteiger partial charge in [-0.15, -0.1) is 0 Å². The van der Waals surface area contributed by atoms with E-state index in [1.54, 1.807) is 36.4 Å². The minimum absolute atomic E-state index is 0.0338. The SMILES string of the molecule is CCCCCOc1ccc(C(=O)CCC(=O)Nc2ccc(Cl)c(C(=O)NC)c2)cc1. The summed E-state index contributed by atoms with van der Waals surface area (Å²) in [6.07, 6.45) is 3.38. The van der Waals surface area contributed by atoms with Gasteiger partial charge in [0, 0.05) is 31.1 Å². The molecule has 0 saturated carbocycles. The summed E-state index contributed by atoms with van der Waals surface area (Å²) in [5, 5.41) is 5.47. The Morgan fingerprint density at radius 1 is 1.00 bits per heavy atom. The van der Waals surface area contributed by atoms with Crippen LogP contribution in [0.2, 0.25) is 5.02 Å². The first kappa shape index (κ1) is 23.4. The molecular weight excluding hydrogens is 404 g/mol. The van der Waals surface area contributed by atoms with Crippen molar-refractivity contribution in [1.29, 1.82) is 0 Å². The lowest BCUT2D eigenvalue weighted by atomic mass is 10.1. The maximum Gasteiger partial charge on any atom is 0.252 e. The molecule has 0 heterocycles. The van der Waals surface area contributed by atoms with Crippen LogP contribution >= 0.6 is 11.6 Å². The van der Waals surface area contributed by atoms with Gasteiger partial charge in [-0.2, -0.15) is 0 Å². The topological polar surface area (TPSA) is 84.5 Å². The Morgan fingerprint density at radius 3 is 2.40 bits per heavy atom. The molecule has 0 spiro atoms. The van der Waals surface area contributed by atoms with Crippen LogP contribution < -0.4 is 15.4 Å². The quantitative estimate of drug-likeness (QED) is 0.393. The second kappa shape index (κ2) is 12.0. The molecule has 0 aliphatic carbocycles. The van der Waals surface area contributed by atoms with E-state index in [0.717, 1.165) is 25.0 Å². The minimum Gasteiger partial charge on any atom is -0.494 e. The Kier molecular flexibility index (Phi) is 9.35. The predicted molar refractivity (Wildman–Crippen MR) is 118 cm³/mol. The molecule has 0 unspecified atom stereocenters. The Labute approximate surface area is 182 Å². The third kappa shape index (κ3) is 7.19. The molecule has 0 atom stereocenters. The van der Waals surface area contributed by atoms with Gasteiger partial charge in [-0.25, -0.2) is 0 Å².